The highest BCUT2D eigenvalue weighted by atomic mass is 32.2. The maximum Gasteiger partial charge on any atom is 0.350 e. The fourth-order valence-electron chi connectivity index (χ4n) is 2.10. The fourth-order valence-corrected chi connectivity index (χ4v) is 3.93. The Morgan fingerprint density at radius 1 is 1.30 bits per heavy atom. The van der Waals surface area contributed by atoms with Crippen molar-refractivity contribution in [2.45, 2.75) is 51.3 Å². The first-order valence-corrected chi connectivity index (χ1v) is 10.4. The number of nitrogens with one attached hydrogen (secondary N) is 1. The van der Waals surface area contributed by atoms with Crippen molar-refractivity contribution in [2.24, 2.45) is 5.92 Å². The number of hydrogen-bond acceptors (Lipinski definition) is 8. The zero-order valence-corrected chi connectivity index (χ0v) is 17.7. The smallest absolute Gasteiger partial charge is 0.350 e. The van der Waals surface area contributed by atoms with Crippen LogP contribution in [0.5, 0.6) is 0 Å². The van der Waals surface area contributed by atoms with E-state index in [0.29, 0.717) is 28.7 Å². The predicted molar refractivity (Wildman–Crippen MR) is 107 cm³/mol. The monoisotopic (exact) mass is 408 g/mol. The molecule has 0 radical (unpaired) electrons. The summed E-state index contributed by atoms with van der Waals surface area (Å²) < 4.78 is 5.25. The number of rotatable bonds is 8. The molecule has 0 aliphatic heterocycles. The van der Waals surface area contributed by atoms with Crippen molar-refractivity contribution in [1.82, 2.24) is 15.0 Å². The number of carbonyl (C=O) groups excluding carboxylic acids is 2. The van der Waals surface area contributed by atoms with Gasteiger partial charge < -0.3 is 10.1 Å². The first-order valence-electron chi connectivity index (χ1n) is 8.70. The number of amides is 1. The zero-order chi connectivity index (χ0) is 20.0. The minimum Gasteiger partial charge on any atom is -0.461 e. The molecule has 0 aliphatic carbocycles. The zero-order valence-electron chi connectivity index (χ0n) is 16.1. The predicted octanol–water partition coefficient (Wildman–Crippen LogP) is 3.87. The third-order valence-electron chi connectivity index (χ3n) is 3.46. The van der Waals surface area contributed by atoms with E-state index in [0.717, 1.165) is 22.1 Å². The van der Waals surface area contributed by atoms with Gasteiger partial charge >= 0.3 is 5.97 Å². The summed E-state index contributed by atoms with van der Waals surface area (Å²) >= 11 is 2.51. The summed E-state index contributed by atoms with van der Waals surface area (Å²) in [5, 5.41) is 3.63. The lowest BCUT2D eigenvalue weighted by Gasteiger charge is -2.12. The third kappa shape index (κ3) is 6.28. The van der Waals surface area contributed by atoms with Crippen LogP contribution < -0.4 is 5.32 Å². The molecule has 0 spiro atoms. The quantitative estimate of drug-likeness (QED) is 0.402. The average Bonchev–Trinajstić information content (AvgIpc) is 2.97. The lowest BCUT2D eigenvalue weighted by Crippen LogP contribution is -2.24. The molecule has 27 heavy (non-hydrogen) atoms. The number of hydrogen-bond donors (Lipinski definition) is 1. The number of carbonyl (C=O) groups is 2. The molecule has 1 atom stereocenters. The lowest BCUT2D eigenvalue weighted by molar-refractivity contribution is -0.115. The molecule has 2 rings (SSSR count). The van der Waals surface area contributed by atoms with Crippen molar-refractivity contribution in [3.63, 3.8) is 0 Å². The van der Waals surface area contributed by atoms with E-state index in [-0.39, 0.29) is 17.1 Å². The van der Waals surface area contributed by atoms with Crippen LogP contribution in [0, 0.1) is 19.8 Å². The van der Waals surface area contributed by atoms with Crippen LogP contribution in [0.4, 0.5) is 5.13 Å². The van der Waals surface area contributed by atoms with Crippen molar-refractivity contribution >= 4 is 40.1 Å². The molecule has 1 N–H and O–H groups in total. The second kappa shape index (κ2) is 9.80. The van der Waals surface area contributed by atoms with Gasteiger partial charge in [0, 0.05) is 5.69 Å². The van der Waals surface area contributed by atoms with Gasteiger partial charge in [0.15, 0.2) is 5.13 Å². The summed E-state index contributed by atoms with van der Waals surface area (Å²) in [7, 11) is 0. The van der Waals surface area contributed by atoms with Crippen molar-refractivity contribution in [2.75, 3.05) is 11.9 Å². The highest BCUT2D eigenvalue weighted by molar-refractivity contribution is 8.00. The van der Waals surface area contributed by atoms with Gasteiger partial charge in [-0.05, 0) is 32.3 Å². The van der Waals surface area contributed by atoms with Crippen molar-refractivity contribution in [3.8, 4) is 0 Å². The molecule has 0 aliphatic rings. The SMILES string of the molecule is CCC(Sc1cc(C)ncn1)C(=O)Nc1nc(C)c(C(=O)OCC(C)C)s1. The molecule has 0 aromatic carbocycles. The van der Waals surface area contributed by atoms with Gasteiger partial charge in [-0.1, -0.05) is 43.9 Å². The summed E-state index contributed by atoms with van der Waals surface area (Å²) in [5.74, 6) is -0.319. The van der Waals surface area contributed by atoms with Crippen LogP contribution in [-0.4, -0.2) is 38.7 Å². The number of esters is 1. The average molecular weight is 409 g/mol. The van der Waals surface area contributed by atoms with Crippen LogP contribution in [0.1, 0.15) is 48.3 Å². The van der Waals surface area contributed by atoms with Crippen molar-refractivity contribution in [1.29, 1.82) is 0 Å². The molecule has 2 aromatic heterocycles. The number of nitrogens with zero attached hydrogens (tertiary/aromatic N) is 3. The highest BCUT2D eigenvalue weighted by Crippen LogP contribution is 2.27. The molecule has 9 heteroatoms. The first kappa shape index (κ1) is 21.3. The van der Waals surface area contributed by atoms with Crippen LogP contribution in [0.2, 0.25) is 0 Å². The molecule has 7 nitrogen and oxygen atoms in total. The van der Waals surface area contributed by atoms with E-state index in [1.54, 1.807) is 6.92 Å². The normalized spacial score (nSPS) is 12.1. The standard InChI is InChI=1S/C18H24N4O3S2/c1-6-13(26-14-7-11(4)19-9-20-14)16(23)22-18-21-12(5)15(27-18)17(24)25-8-10(2)3/h7,9-10,13H,6,8H2,1-5H3,(H,21,22,23). The van der Waals surface area contributed by atoms with Crippen LogP contribution >= 0.6 is 23.1 Å². The lowest BCUT2D eigenvalue weighted by atomic mass is 10.2. The van der Waals surface area contributed by atoms with E-state index >= 15 is 0 Å². The molecule has 1 amide bonds. The summed E-state index contributed by atoms with van der Waals surface area (Å²) in [5.41, 5.74) is 1.40. The number of thioether (sulfide) groups is 1. The molecule has 1 unspecified atom stereocenters. The Labute approximate surface area is 167 Å². The second-order valence-corrected chi connectivity index (χ2v) is 8.65. The van der Waals surface area contributed by atoms with Crippen molar-refractivity contribution < 1.29 is 14.3 Å². The molecular formula is C18H24N4O3S2. The van der Waals surface area contributed by atoms with Gasteiger partial charge in [-0.15, -0.1) is 0 Å². The minimum absolute atomic E-state index is 0.172. The van der Waals surface area contributed by atoms with E-state index < -0.39 is 5.97 Å². The number of aryl methyl sites for hydroxylation is 2. The highest BCUT2D eigenvalue weighted by Gasteiger charge is 2.22. The van der Waals surface area contributed by atoms with Gasteiger partial charge in [-0.2, -0.15) is 0 Å². The summed E-state index contributed by atoms with van der Waals surface area (Å²) in [6.07, 6.45) is 2.12. The van der Waals surface area contributed by atoms with Crippen LogP contribution in [0.15, 0.2) is 17.4 Å². The summed E-state index contributed by atoms with van der Waals surface area (Å²) in [6, 6.07) is 1.84. The third-order valence-corrected chi connectivity index (χ3v) is 5.81. The second-order valence-electron chi connectivity index (χ2n) is 6.43. The van der Waals surface area contributed by atoms with Crippen LogP contribution in [0.3, 0.4) is 0 Å². The molecule has 0 fully saturated rings. The van der Waals surface area contributed by atoms with Gasteiger partial charge in [-0.3, -0.25) is 4.79 Å². The topological polar surface area (TPSA) is 94.1 Å². The molecule has 0 saturated heterocycles. The molecule has 0 bridgehead atoms. The maximum atomic E-state index is 12.6. The first-order chi connectivity index (χ1) is 12.8. The Morgan fingerprint density at radius 3 is 2.67 bits per heavy atom. The van der Waals surface area contributed by atoms with Gasteiger partial charge in [0.2, 0.25) is 5.91 Å². The van der Waals surface area contributed by atoms with E-state index in [1.807, 2.05) is 33.8 Å². The Balaban J connectivity index is 2.03. The Morgan fingerprint density at radius 2 is 2.04 bits per heavy atom. The number of aromatic nitrogens is 3. The Kier molecular flexibility index (Phi) is 7.73. The molecule has 2 aromatic rings. The summed E-state index contributed by atoms with van der Waals surface area (Å²) in [4.78, 5) is 37.7. The number of anilines is 1. The molecule has 2 heterocycles. The Bertz CT molecular complexity index is 808. The van der Waals surface area contributed by atoms with Crippen molar-refractivity contribution in [3.05, 3.63) is 28.7 Å². The largest absolute Gasteiger partial charge is 0.461 e. The molecule has 0 saturated carbocycles. The number of thiazole rings is 1. The van der Waals surface area contributed by atoms with Crippen LogP contribution in [0.25, 0.3) is 0 Å². The maximum absolute atomic E-state index is 12.6. The molecule has 146 valence electrons. The van der Waals surface area contributed by atoms with Gasteiger partial charge in [-0.25, -0.2) is 19.7 Å². The minimum atomic E-state index is -0.405. The fraction of sp³-hybridized carbons (Fsp3) is 0.500. The van der Waals surface area contributed by atoms with E-state index in [2.05, 4.69) is 20.3 Å². The van der Waals surface area contributed by atoms with Crippen LogP contribution in [-0.2, 0) is 9.53 Å². The molecular weight excluding hydrogens is 384 g/mol. The summed E-state index contributed by atoms with van der Waals surface area (Å²) in [6.45, 7) is 9.84. The van der Waals surface area contributed by atoms with Gasteiger partial charge in [0.05, 0.1) is 17.6 Å². The van der Waals surface area contributed by atoms with E-state index in [1.165, 1.54) is 18.1 Å². The van der Waals surface area contributed by atoms with Gasteiger partial charge in [0.1, 0.15) is 16.2 Å². The van der Waals surface area contributed by atoms with Gasteiger partial charge in [0.25, 0.3) is 0 Å². The van der Waals surface area contributed by atoms with E-state index in [9.17, 15) is 9.59 Å². The Hall–Kier alpha value is -2.00. The number of ether oxygens (including phenoxy) is 1. The van der Waals surface area contributed by atoms with E-state index in [4.69, 9.17) is 4.74 Å².